The van der Waals surface area contributed by atoms with Crippen molar-refractivity contribution in [3.63, 3.8) is 0 Å². The first-order chi connectivity index (χ1) is 11.1. The van der Waals surface area contributed by atoms with Gasteiger partial charge >= 0.3 is 5.97 Å². The van der Waals surface area contributed by atoms with Gasteiger partial charge in [-0.05, 0) is 28.6 Å². The predicted octanol–water partition coefficient (Wildman–Crippen LogP) is -0.500. The smallest absolute Gasteiger partial charge is 0.334 e. The van der Waals surface area contributed by atoms with Crippen LogP contribution < -0.4 is 10.1 Å². The first-order valence-corrected chi connectivity index (χ1v) is 6.52. The molecule has 1 heterocycles. The molecule has 0 fully saturated rings. The van der Waals surface area contributed by atoms with Crippen LogP contribution in [0.2, 0.25) is 0 Å². The van der Waals surface area contributed by atoms with E-state index in [2.05, 4.69) is 20.8 Å². The fraction of sp³-hybridized carbons (Fsp3) is 0.308. The van der Waals surface area contributed by atoms with Gasteiger partial charge in [0.05, 0.1) is 13.7 Å². The Bertz CT molecular complexity index is 688. The summed E-state index contributed by atoms with van der Waals surface area (Å²) in [5, 5.41) is 22.2. The van der Waals surface area contributed by atoms with Crippen molar-refractivity contribution in [3.8, 4) is 11.4 Å². The summed E-state index contributed by atoms with van der Waals surface area (Å²) in [5.41, 5.74) is 0.781. The van der Waals surface area contributed by atoms with Gasteiger partial charge in [0.15, 0.2) is 6.10 Å². The molecular formula is C13H15N5O5. The van der Waals surface area contributed by atoms with Crippen molar-refractivity contribution in [2.75, 3.05) is 20.8 Å². The fourth-order valence-corrected chi connectivity index (χ4v) is 1.84. The van der Waals surface area contributed by atoms with Crippen LogP contribution in [0.15, 0.2) is 24.5 Å². The number of hydrogen-bond acceptors (Lipinski definition) is 7. The third-order valence-corrected chi connectivity index (χ3v) is 3.04. The zero-order valence-electron chi connectivity index (χ0n) is 12.5. The lowest BCUT2D eigenvalue weighted by molar-refractivity contribution is -0.148. The molecule has 1 amide bonds. The highest BCUT2D eigenvalue weighted by atomic mass is 16.5. The van der Waals surface area contributed by atoms with Gasteiger partial charge in [0.2, 0.25) is 0 Å². The maximum absolute atomic E-state index is 12.1. The Labute approximate surface area is 131 Å². The van der Waals surface area contributed by atoms with Crippen LogP contribution in [0.5, 0.6) is 5.75 Å². The Morgan fingerprint density at radius 2 is 2.17 bits per heavy atom. The van der Waals surface area contributed by atoms with Crippen molar-refractivity contribution in [3.05, 3.63) is 30.1 Å². The van der Waals surface area contributed by atoms with Gasteiger partial charge in [0.1, 0.15) is 17.8 Å². The summed E-state index contributed by atoms with van der Waals surface area (Å²) in [6.07, 6.45) is 0.251. The first kappa shape index (κ1) is 16.4. The topological polar surface area (TPSA) is 128 Å². The molecule has 2 aromatic rings. The van der Waals surface area contributed by atoms with Gasteiger partial charge in [0, 0.05) is 12.7 Å². The number of rotatable bonds is 7. The van der Waals surface area contributed by atoms with Crippen molar-refractivity contribution < 1.29 is 24.2 Å². The standard InChI is InChI=1S/C13H15N5O5/c1-22-10-4-3-8(5-9(10)18-7-15-16-17-18)12(19)14-6-11(23-2)13(20)21/h3-5,7,11H,6H2,1-2H3,(H,14,19)(H,20,21). The average molecular weight is 321 g/mol. The van der Waals surface area contributed by atoms with Crippen LogP contribution in [-0.4, -0.2) is 64.1 Å². The van der Waals surface area contributed by atoms with Crippen LogP contribution in [0.1, 0.15) is 10.4 Å². The Balaban J connectivity index is 2.18. The van der Waals surface area contributed by atoms with Gasteiger partial charge in [-0.3, -0.25) is 4.79 Å². The van der Waals surface area contributed by atoms with Gasteiger partial charge in [0.25, 0.3) is 5.91 Å². The Hall–Kier alpha value is -3.01. The molecule has 2 rings (SSSR count). The molecule has 2 N–H and O–H groups in total. The van der Waals surface area contributed by atoms with E-state index in [4.69, 9.17) is 14.6 Å². The minimum atomic E-state index is -1.16. The monoisotopic (exact) mass is 321 g/mol. The normalized spacial score (nSPS) is 11.7. The van der Waals surface area contributed by atoms with E-state index in [9.17, 15) is 9.59 Å². The Morgan fingerprint density at radius 1 is 1.39 bits per heavy atom. The average Bonchev–Trinajstić information content (AvgIpc) is 3.08. The quantitative estimate of drug-likeness (QED) is 0.698. The number of carbonyl (C=O) groups excluding carboxylic acids is 1. The van der Waals surface area contributed by atoms with E-state index in [0.717, 1.165) is 0 Å². The number of tetrazole rings is 1. The van der Waals surface area contributed by atoms with E-state index in [1.807, 2.05) is 0 Å². The number of methoxy groups -OCH3 is 2. The lowest BCUT2D eigenvalue weighted by Gasteiger charge is -2.13. The minimum Gasteiger partial charge on any atom is -0.494 e. The second-order valence-electron chi connectivity index (χ2n) is 4.41. The number of carboxylic acid groups (broad SMARTS) is 1. The number of aliphatic carboxylic acids is 1. The van der Waals surface area contributed by atoms with Crippen LogP contribution in [-0.2, 0) is 9.53 Å². The van der Waals surface area contributed by atoms with Crippen LogP contribution in [0.25, 0.3) is 5.69 Å². The van der Waals surface area contributed by atoms with Crippen molar-refractivity contribution in [2.24, 2.45) is 0 Å². The molecular weight excluding hydrogens is 306 g/mol. The number of carbonyl (C=O) groups is 2. The number of carboxylic acids is 1. The molecule has 1 aromatic heterocycles. The molecule has 1 aromatic carbocycles. The van der Waals surface area contributed by atoms with Gasteiger partial charge in [-0.15, -0.1) is 5.10 Å². The summed E-state index contributed by atoms with van der Waals surface area (Å²) in [6, 6.07) is 4.68. The molecule has 1 unspecified atom stereocenters. The number of aromatic nitrogens is 4. The molecule has 122 valence electrons. The number of ether oxygens (including phenoxy) is 2. The SMILES string of the molecule is COc1ccc(C(=O)NCC(OC)C(=O)O)cc1-n1cnnn1. The van der Waals surface area contributed by atoms with Crippen LogP contribution in [0, 0.1) is 0 Å². The second kappa shape index (κ2) is 7.31. The Morgan fingerprint density at radius 3 is 2.74 bits per heavy atom. The van der Waals surface area contributed by atoms with E-state index in [0.29, 0.717) is 17.0 Å². The first-order valence-electron chi connectivity index (χ1n) is 6.52. The summed E-state index contributed by atoms with van der Waals surface area (Å²) in [5.74, 6) is -1.13. The summed E-state index contributed by atoms with van der Waals surface area (Å²) in [7, 11) is 2.74. The molecule has 0 radical (unpaired) electrons. The van der Waals surface area contributed by atoms with Crippen LogP contribution >= 0.6 is 0 Å². The minimum absolute atomic E-state index is 0.156. The van der Waals surface area contributed by atoms with E-state index in [1.165, 1.54) is 31.3 Å². The molecule has 1 atom stereocenters. The molecule has 0 aliphatic rings. The number of hydrogen-bond donors (Lipinski definition) is 2. The van der Waals surface area contributed by atoms with Gasteiger partial charge in [-0.2, -0.15) is 4.68 Å². The third-order valence-electron chi connectivity index (χ3n) is 3.04. The highest BCUT2D eigenvalue weighted by molar-refractivity contribution is 5.95. The third kappa shape index (κ3) is 3.80. The summed E-state index contributed by atoms with van der Waals surface area (Å²) in [4.78, 5) is 23.0. The van der Waals surface area contributed by atoms with Crippen LogP contribution in [0.4, 0.5) is 0 Å². The van der Waals surface area contributed by atoms with Crippen LogP contribution in [0.3, 0.4) is 0 Å². The van der Waals surface area contributed by atoms with E-state index in [-0.39, 0.29) is 6.54 Å². The molecule has 0 aliphatic heterocycles. The molecule has 23 heavy (non-hydrogen) atoms. The maximum atomic E-state index is 12.1. The molecule has 10 heteroatoms. The van der Waals surface area contributed by atoms with Gasteiger partial charge in [-0.25, -0.2) is 4.79 Å². The summed E-state index contributed by atoms with van der Waals surface area (Å²) < 4.78 is 11.3. The fourth-order valence-electron chi connectivity index (χ4n) is 1.84. The highest BCUT2D eigenvalue weighted by Crippen LogP contribution is 2.22. The largest absolute Gasteiger partial charge is 0.494 e. The van der Waals surface area contributed by atoms with E-state index >= 15 is 0 Å². The van der Waals surface area contributed by atoms with Crippen molar-refractivity contribution in [2.45, 2.75) is 6.10 Å². The molecule has 0 saturated heterocycles. The second-order valence-corrected chi connectivity index (χ2v) is 4.41. The van der Waals surface area contributed by atoms with E-state index in [1.54, 1.807) is 12.1 Å². The lowest BCUT2D eigenvalue weighted by atomic mass is 10.1. The van der Waals surface area contributed by atoms with Crippen molar-refractivity contribution in [1.29, 1.82) is 0 Å². The maximum Gasteiger partial charge on any atom is 0.334 e. The zero-order chi connectivity index (χ0) is 16.8. The highest BCUT2D eigenvalue weighted by Gasteiger charge is 2.18. The summed E-state index contributed by atoms with van der Waals surface area (Å²) >= 11 is 0. The van der Waals surface area contributed by atoms with Gasteiger partial charge in [-0.1, -0.05) is 0 Å². The predicted molar refractivity (Wildman–Crippen MR) is 76.5 cm³/mol. The summed E-state index contributed by atoms with van der Waals surface area (Å²) in [6.45, 7) is -0.156. The lowest BCUT2D eigenvalue weighted by Crippen LogP contribution is -2.37. The van der Waals surface area contributed by atoms with Crippen molar-refractivity contribution in [1.82, 2.24) is 25.5 Å². The molecule has 0 bridgehead atoms. The Kier molecular flexibility index (Phi) is 5.20. The van der Waals surface area contributed by atoms with E-state index < -0.39 is 18.0 Å². The molecule has 0 aliphatic carbocycles. The molecule has 0 spiro atoms. The number of nitrogens with zero attached hydrogens (tertiary/aromatic N) is 4. The van der Waals surface area contributed by atoms with Crippen molar-refractivity contribution >= 4 is 11.9 Å². The number of amides is 1. The van der Waals surface area contributed by atoms with Gasteiger partial charge < -0.3 is 19.9 Å². The molecule has 0 saturated carbocycles. The number of benzene rings is 1. The zero-order valence-corrected chi connectivity index (χ0v) is 12.5. The number of nitrogens with one attached hydrogen (secondary N) is 1. The molecule has 10 nitrogen and oxygen atoms in total.